The van der Waals surface area contributed by atoms with Gasteiger partial charge in [0, 0.05) is 17.9 Å². The van der Waals surface area contributed by atoms with Crippen molar-refractivity contribution in [1.82, 2.24) is 4.98 Å². The van der Waals surface area contributed by atoms with Gasteiger partial charge in [0.1, 0.15) is 11.5 Å². The van der Waals surface area contributed by atoms with Gasteiger partial charge in [-0.3, -0.25) is 14.5 Å². The second-order valence-electron chi connectivity index (χ2n) is 6.03. The van der Waals surface area contributed by atoms with Crippen LogP contribution in [0.3, 0.4) is 0 Å². The molecule has 0 saturated carbocycles. The summed E-state index contributed by atoms with van der Waals surface area (Å²) >= 11 is 1.33. The van der Waals surface area contributed by atoms with Crippen molar-refractivity contribution >= 4 is 39.9 Å². The Morgan fingerprint density at radius 3 is 2.10 bits per heavy atom. The van der Waals surface area contributed by atoms with E-state index in [0.717, 1.165) is 0 Å². The summed E-state index contributed by atoms with van der Waals surface area (Å²) in [5.41, 5.74) is 1.85. The molecule has 29 heavy (non-hydrogen) atoms. The number of methoxy groups -OCH3 is 2. The van der Waals surface area contributed by atoms with Gasteiger partial charge < -0.3 is 9.47 Å². The largest absolute Gasteiger partial charge is 0.497 e. The molecule has 0 unspecified atom stereocenters. The van der Waals surface area contributed by atoms with Crippen molar-refractivity contribution in [2.24, 2.45) is 0 Å². The molecule has 0 aliphatic heterocycles. The van der Waals surface area contributed by atoms with E-state index in [1.54, 1.807) is 74.2 Å². The smallest absolute Gasteiger partial charge is 0.230 e. The fraction of sp³-hybridized carbons (Fsp3) is 0.136. The highest BCUT2D eigenvalue weighted by Gasteiger charge is 2.17. The average Bonchev–Trinajstić information content (AvgIpc) is 3.20. The van der Waals surface area contributed by atoms with Gasteiger partial charge >= 0.3 is 0 Å². The minimum atomic E-state index is -0.158. The minimum absolute atomic E-state index is 0.138. The van der Waals surface area contributed by atoms with Crippen molar-refractivity contribution in [3.8, 4) is 11.5 Å². The van der Waals surface area contributed by atoms with Gasteiger partial charge in [0.2, 0.25) is 5.91 Å². The van der Waals surface area contributed by atoms with Gasteiger partial charge in [0.15, 0.2) is 10.9 Å². The SMILES string of the molecule is COc1ccc(C(=O)C=Cc2csc(N(C(C)=O)c3ccc(OC)cc3)n2)cc1. The Morgan fingerprint density at radius 2 is 1.55 bits per heavy atom. The lowest BCUT2D eigenvalue weighted by Gasteiger charge is -2.18. The summed E-state index contributed by atoms with van der Waals surface area (Å²) in [5.74, 6) is 1.10. The highest BCUT2D eigenvalue weighted by Crippen LogP contribution is 2.30. The number of amides is 1. The third-order valence-corrected chi connectivity index (χ3v) is 4.97. The van der Waals surface area contributed by atoms with Crippen LogP contribution < -0.4 is 14.4 Å². The first kappa shape index (κ1) is 20.3. The van der Waals surface area contributed by atoms with Crippen LogP contribution in [0, 0.1) is 0 Å². The van der Waals surface area contributed by atoms with Crippen molar-refractivity contribution in [3.05, 3.63) is 71.2 Å². The summed E-state index contributed by atoms with van der Waals surface area (Å²) < 4.78 is 10.3. The Balaban J connectivity index is 1.77. The van der Waals surface area contributed by atoms with E-state index in [4.69, 9.17) is 9.47 Å². The van der Waals surface area contributed by atoms with E-state index >= 15 is 0 Å². The Morgan fingerprint density at radius 1 is 0.966 bits per heavy atom. The highest BCUT2D eigenvalue weighted by atomic mass is 32.1. The maximum absolute atomic E-state index is 12.3. The number of hydrogen-bond donors (Lipinski definition) is 0. The fourth-order valence-corrected chi connectivity index (χ4v) is 3.48. The number of carbonyl (C=O) groups is 2. The number of carbonyl (C=O) groups excluding carboxylic acids is 2. The quantitative estimate of drug-likeness (QED) is 0.417. The molecular weight excluding hydrogens is 388 g/mol. The van der Waals surface area contributed by atoms with Crippen molar-refractivity contribution in [2.75, 3.05) is 19.1 Å². The van der Waals surface area contributed by atoms with Crippen LogP contribution in [0.1, 0.15) is 23.0 Å². The van der Waals surface area contributed by atoms with Crippen LogP contribution in [-0.2, 0) is 4.79 Å². The van der Waals surface area contributed by atoms with E-state index < -0.39 is 0 Å². The first-order valence-electron chi connectivity index (χ1n) is 8.78. The zero-order valence-corrected chi connectivity index (χ0v) is 17.1. The predicted molar refractivity (Wildman–Crippen MR) is 114 cm³/mol. The normalized spacial score (nSPS) is 10.7. The van der Waals surface area contributed by atoms with E-state index in [1.807, 2.05) is 0 Å². The lowest BCUT2D eigenvalue weighted by Crippen LogP contribution is -2.22. The number of aromatic nitrogens is 1. The molecule has 0 spiro atoms. The Labute approximate surface area is 173 Å². The molecule has 148 valence electrons. The van der Waals surface area contributed by atoms with Crippen molar-refractivity contribution < 1.29 is 19.1 Å². The number of ketones is 1. The Kier molecular flexibility index (Phi) is 6.41. The molecule has 3 aromatic rings. The molecule has 0 atom stereocenters. The van der Waals surface area contributed by atoms with Crippen LogP contribution in [0.25, 0.3) is 6.08 Å². The second kappa shape index (κ2) is 9.16. The third kappa shape index (κ3) is 4.89. The monoisotopic (exact) mass is 408 g/mol. The summed E-state index contributed by atoms with van der Waals surface area (Å²) in [5, 5.41) is 2.33. The van der Waals surface area contributed by atoms with Crippen molar-refractivity contribution in [1.29, 1.82) is 0 Å². The van der Waals surface area contributed by atoms with Gasteiger partial charge in [-0.2, -0.15) is 0 Å². The maximum atomic E-state index is 12.3. The molecule has 1 amide bonds. The first-order valence-corrected chi connectivity index (χ1v) is 9.66. The molecule has 2 aromatic carbocycles. The summed E-state index contributed by atoms with van der Waals surface area (Å²) in [6.45, 7) is 1.48. The molecule has 0 saturated heterocycles. The molecule has 3 rings (SSSR count). The number of ether oxygens (including phenoxy) is 2. The van der Waals surface area contributed by atoms with Gasteiger partial charge in [-0.05, 0) is 60.7 Å². The zero-order chi connectivity index (χ0) is 20.8. The molecule has 0 aliphatic carbocycles. The lowest BCUT2D eigenvalue weighted by atomic mass is 10.1. The third-order valence-electron chi connectivity index (χ3n) is 4.13. The number of nitrogens with zero attached hydrogens (tertiary/aromatic N) is 2. The summed E-state index contributed by atoms with van der Waals surface area (Å²) in [6, 6.07) is 14.1. The van der Waals surface area contributed by atoms with E-state index in [1.165, 1.54) is 29.2 Å². The molecule has 1 heterocycles. The van der Waals surface area contributed by atoms with Crippen LogP contribution in [0.2, 0.25) is 0 Å². The molecule has 6 nitrogen and oxygen atoms in total. The first-order chi connectivity index (χ1) is 14.0. The molecule has 1 aromatic heterocycles. The van der Waals surface area contributed by atoms with Crippen LogP contribution in [0.15, 0.2) is 60.0 Å². The Bertz CT molecular complexity index is 1020. The molecule has 0 aliphatic rings. The maximum Gasteiger partial charge on any atom is 0.230 e. The number of hydrogen-bond acceptors (Lipinski definition) is 6. The number of thiazole rings is 1. The lowest BCUT2D eigenvalue weighted by molar-refractivity contribution is -0.115. The molecule has 0 N–H and O–H groups in total. The van der Waals surface area contributed by atoms with Crippen LogP contribution in [0.5, 0.6) is 11.5 Å². The minimum Gasteiger partial charge on any atom is -0.497 e. The summed E-state index contributed by atoms with van der Waals surface area (Å²) in [7, 11) is 3.16. The number of allylic oxidation sites excluding steroid dienone is 1. The average molecular weight is 408 g/mol. The number of benzene rings is 2. The van der Waals surface area contributed by atoms with Gasteiger partial charge in [-0.1, -0.05) is 0 Å². The number of rotatable bonds is 7. The molecule has 0 fully saturated rings. The topological polar surface area (TPSA) is 68.7 Å². The molecule has 7 heteroatoms. The van der Waals surface area contributed by atoms with Gasteiger partial charge in [-0.25, -0.2) is 4.98 Å². The van der Waals surface area contributed by atoms with E-state index in [-0.39, 0.29) is 11.7 Å². The van der Waals surface area contributed by atoms with Crippen molar-refractivity contribution in [3.63, 3.8) is 0 Å². The second-order valence-corrected chi connectivity index (χ2v) is 6.87. The molecular formula is C22H20N2O4S. The van der Waals surface area contributed by atoms with E-state index in [0.29, 0.717) is 33.6 Å². The molecule has 0 radical (unpaired) electrons. The van der Waals surface area contributed by atoms with Crippen LogP contribution in [0.4, 0.5) is 10.8 Å². The fourth-order valence-electron chi connectivity index (χ4n) is 2.63. The van der Waals surface area contributed by atoms with Gasteiger partial charge in [0.25, 0.3) is 0 Å². The van der Waals surface area contributed by atoms with Crippen molar-refractivity contribution in [2.45, 2.75) is 6.92 Å². The highest BCUT2D eigenvalue weighted by molar-refractivity contribution is 7.14. The summed E-state index contributed by atoms with van der Waals surface area (Å²) in [6.07, 6.45) is 3.10. The van der Waals surface area contributed by atoms with E-state index in [2.05, 4.69) is 4.98 Å². The standard InChI is InChI=1S/C22H20N2O4S/c1-15(25)24(18-7-11-20(28-3)12-8-18)22-23-17(14-29-22)6-13-21(26)16-4-9-19(27-2)10-5-16/h4-14H,1-3H3. The summed E-state index contributed by atoms with van der Waals surface area (Å²) in [4.78, 5) is 30.5. The van der Waals surface area contributed by atoms with Crippen LogP contribution in [-0.4, -0.2) is 30.9 Å². The van der Waals surface area contributed by atoms with Crippen LogP contribution >= 0.6 is 11.3 Å². The molecule has 0 bridgehead atoms. The number of anilines is 2. The van der Waals surface area contributed by atoms with Gasteiger partial charge in [-0.15, -0.1) is 11.3 Å². The van der Waals surface area contributed by atoms with Gasteiger partial charge in [0.05, 0.1) is 25.6 Å². The zero-order valence-electron chi connectivity index (χ0n) is 16.3. The van der Waals surface area contributed by atoms with E-state index in [9.17, 15) is 9.59 Å². The Hall–Kier alpha value is -3.45. The predicted octanol–water partition coefficient (Wildman–Crippen LogP) is 4.74.